The molecule has 6 rings (SSSR count). The highest BCUT2D eigenvalue weighted by Gasteiger charge is 2.31. The van der Waals surface area contributed by atoms with Gasteiger partial charge in [-0.25, -0.2) is 13.2 Å². The van der Waals surface area contributed by atoms with Crippen LogP contribution in [0.1, 0.15) is 30.5 Å². The third kappa shape index (κ3) is 3.80. The van der Waals surface area contributed by atoms with Gasteiger partial charge in [0.2, 0.25) is 15.9 Å². The molecule has 1 aliphatic carbocycles. The molecule has 0 amide bonds. The van der Waals surface area contributed by atoms with Gasteiger partial charge < -0.3 is 13.8 Å². The summed E-state index contributed by atoms with van der Waals surface area (Å²) in [5, 5.41) is 3.95. The molecule has 0 bridgehead atoms. The highest BCUT2D eigenvalue weighted by Crippen LogP contribution is 2.38. The summed E-state index contributed by atoms with van der Waals surface area (Å²) in [6, 6.07) is 14.5. The van der Waals surface area contributed by atoms with Gasteiger partial charge in [0.1, 0.15) is 0 Å². The van der Waals surface area contributed by atoms with Crippen molar-refractivity contribution < 1.29 is 17.4 Å². The van der Waals surface area contributed by atoms with Gasteiger partial charge in [-0.1, -0.05) is 23.4 Å². The number of rotatable bonds is 6. The number of nitrogens with zero attached hydrogens (tertiary/aromatic N) is 5. The van der Waals surface area contributed by atoms with E-state index in [0.717, 1.165) is 18.5 Å². The van der Waals surface area contributed by atoms with Crippen molar-refractivity contribution in [3.05, 3.63) is 70.8 Å². The third-order valence-corrected chi connectivity index (χ3v) is 8.24. The number of oxazole rings is 1. The molecule has 2 fully saturated rings. The summed E-state index contributed by atoms with van der Waals surface area (Å²) in [5.74, 6) is 0.705. The molecule has 1 aliphatic heterocycles. The zero-order valence-corrected chi connectivity index (χ0v) is 19.1. The van der Waals surface area contributed by atoms with Crippen molar-refractivity contribution >= 4 is 26.8 Å². The standard InChI is InChI=1S/C23H23N5O5S/c29-23-28(15-21-24-22(33-25-21)16-6-7-16)19-9-8-18(14-20(19)32-23)34(30,31)27-12-10-26(11-13-27)17-4-2-1-3-5-17/h1-5,8-9,14,16H,6-7,10-13,15H2. The predicted molar refractivity (Wildman–Crippen MR) is 123 cm³/mol. The van der Waals surface area contributed by atoms with E-state index < -0.39 is 15.8 Å². The fourth-order valence-corrected chi connectivity index (χ4v) is 5.74. The fourth-order valence-electron chi connectivity index (χ4n) is 4.30. The number of aromatic nitrogens is 3. The summed E-state index contributed by atoms with van der Waals surface area (Å²) in [4.78, 5) is 19.1. The van der Waals surface area contributed by atoms with Crippen molar-refractivity contribution in [3.63, 3.8) is 0 Å². The molecule has 4 aromatic rings. The van der Waals surface area contributed by atoms with Crippen LogP contribution in [0, 0.1) is 0 Å². The van der Waals surface area contributed by atoms with Crippen LogP contribution in [0.15, 0.2) is 67.2 Å². The lowest BCUT2D eigenvalue weighted by atomic mass is 10.2. The minimum atomic E-state index is -3.73. The van der Waals surface area contributed by atoms with Gasteiger partial charge in [0.15, 0.2) is 11.4 Å². The highest BCUT2D eigenvalue weighted by molar-refractivity contribution is 7.89. The van der Waals surface area contributed by atoms with Crippen LogP contribution in [0.25, 0.3) is 11.1 Å². The molecule has 1 saturated heterocycles. The van der Waals surface area contributed by atoms with Gasteiger partial charge in [0, 0.05) is 43.9 Å². The Morgan fingerprint density at radius 1 is 1.00 bits per heavy atom. The molecule has 0 unspecified atom stereocenters. The molecule has 176 valence electrons. The number of fused-ring (bicyclic) bond motifs is 1. The number of piperazine rings is 1. The molecule has 2 aromatic heterocycles. The quantitative estimate of drug-likeness (QED) is 0.412. The average Bonchev–Trinajstić information content (AvgIpc) is 3.53. The average molecular weight is 482 g/mol. The van der Waals surface area contributed by atoms with E-state index in [1.165, 1.54) is 21.0 Å². The maximum atomic E-state index is 13.3. The summed E-state index contributed by atoms with van der Waals surface area (Å²) in [5.41, 5.74) is 1.77. The minimum Gasteiger partial charge on any atom is -0.408 e. The van der Waals surface area contributed by atoms with Crippen molar-refractivity contribution in [3.8, 4) is 0 Å². The summed E-state index contributed by atoms with van der Waals surface area (Å²) in [7, 11) is -3.73. The molecule has 0 atom stereocenters. The van der Waals surface area contributed by atoms with E-state index in [2.05, 4.69) is 15.0 Å². The first-order chi connectivity index (χ1) is 16.5. The first kappa shape index (κ1) is 21.1. The predicted octanol–water partition coefficient (Wildman–Crippen LogP) is 2.41. The second-order valence-electron chi connectivity index (χ2n) is 8.63. The van der Waals surface area contributed by atoms with Crippen LogP contribution in [0.5, 0.6) is 0 Å². The third-order valence-electron chi connectivity index (χ3n) is 6.35. The Balaban J connectivity index is 1.22. The largest absolute Gasteiger partial charge is 0.420 e. The van der Waals surface area contributed by atoms with Gasteiger partial charge in [-0.05, 0) is 37.1 Å². The molecular formula is C23H23N5O5S. The zero-order valence-electron chi connectivity index (χ0n) is 18.3. The zero-order chi connectivity index (χ0) is 23.3. The summed E-state index contributed by atoms with van der Waals surface area (Å²) in [6.45, 7) is 2.05. The number of benzene rings is 2. The first-order valence-corrected chi connectivity index (χ1v) is 12.7. The van der Waals surface area contributed by atoms with Crippen LogP contribution < -0.4 is 10.7 Å². The monoisotopic (exact) mass is 481 g/mol. The lowest BCUT2D eigenvalue weighted by molar-refractivity contribution is 0.372. The van der Waals surface area contributed by atoms with Crippen molar-refractivity contribution in [1.29, 1.82) is 0 Å². The van der Waals surface area contributed by atoms with E-state index in [9.17, 15) is 13.2 Å². The number of hydrogen-bond donors (Lipinski definition) is 0. The molecule has 1 saturated carbocycles. The Bertz CT molecular complexity index is 1500. The molecule has 10 nitrogen and oxygen atoms in total. The van der Waals surface area contributed by atoms with Gasteiger partial charge in [0.05, 0.1) is 17.0 Å². The van der Waals surface area contributed by atoms with Crippen molar-refractivity contribution in [1.82, 2.24) is 19.0 Å². The number of hydrogen-bond acceptors (Lipinski definition) is 8. The second-order valence-corrected chi connectivity index (χ2v) is 10.6. The summed E-state index contributed by atoms with van der Waals surface area (Å²) < 4.78 is 40.0. The molecule has 2 aliphatic rings. The summed E-state index contributed by atoms with van der Waals surface area (Å²) in [6.07, 6.45) is 2.07. The SMILES string of the molecule is O=c1oc2cc(S(=O)(=O)N3CCN(c4ccccc4)CC3)ccc2n1Cc1noc(C2CC2)n1. The number of para-hydroxylation sites is 1. The molecule has 11 heteroatoms. The van der Waals surface area contributed by atoms with Crippen LogP contribution in [-0.4, -0.2) is 53.6 Å². The fraction of sp³-hybridized carbons (Fsp3) is 0.348. The van der Waals surface area contributed by atoms with E-state index in [0.29, 0.717) is 49.3 Å². The lowest BCUT2D eigenvalue weighted by Gasteiger charge is -2.35. The Labute approximate surface area is 195 Å². The second kappa shape index (κ2) is 8.10. The maximum absolute atomic E-state index is 13.3. The first-order valence-electron chi connectivity index (χ1n) is 11.2. The van der Waals surface area contributed by atoms with Gasteiger partial charge in [0.25, 0.3) is 0 Å². The van der Waals surface area contributed by atoms with Crippen molar-refractivity contribution in [2.45, 2.75) is 30.2 Å². The molecule has 0 N–H and O–H groups in total. The van der Waals surface area contributed by atoms with Crippen LogP contribution in [0.4, 0.5) is 5.69 Å². The maximum Gasteiger partial charge on any atom is 0.420 e. The minimum absolute atomic E-state index is 0.0929. The number of sulfonamides is 1. The van der Waals surface area contributed by atoms with Gasteiger partial charge >= 0.3 is 5.76 Å². The van der Waals surface area contributed by atoms with Crippen LogP contribution in [0.3, 0.4) is 0 Å². The molecule has 0 radical (unpaired) electrons. The van der Waals surface area contributed by atoms with Crippen LogP contribution in [0.2, 0.25) is 0 Å². The Morgan fingerprint density at radius 2 is 1.76 bits per heavy atom. The van der Waals surface area contributed by atoms with Crippen LogP contribution >= 0.6 is 0 Å². The summed E-state index contributed by atoms with van der Waals surface area (Å²) >= 11 is 0. The van der Waals surface area contributed by atoms with Crippen molar-refractivity contribution in [2.24, 2.45) is 0 Å². The van der Waals surface area contributed by atoms with E-state index >= 15 is 0 Å². The molecule has 3 heterocycles. The van der Waals surface area contributed by atoms with E-state index in [-0.39, 0.29) is 17.0 Å². The van der Waals surface area contributed by atoms with Crippen molar-refractivity contribution in [2.75, 3.05) is 31.1 Å². The molecule has 34 heavy (non-hydrogen) atoms. The van der Waals surface area contributed by atoms with Gasteiger partial charge in [-0.3, -0.25) is 4.57 Å². The lowest BCUT2D eigenvalue weighted by Crippen LogP contribution is -2.48. The van der Waals surface area contributed by atoms with E-state index in [1.54, 1.807) is 6.07 Å². The molecular weight excluding hydrogens is 458 g/mol. The number of anilines is 1. The smallest absolute Gasteiger partial charge is 0.408 e. The Kier molecular flexibility index (Phi) is 5.03. The normalized spacial score (nSPS) is 17.5. The Morgan fingerprint density at radius 3 is 2.50 bits per heavy atom. The molecule has 0 spiro atoms. The van der Waals surface area contributed by atoms with Crippen LogP contribution in [-0.2, 0) is 16.6 Å². The van der Waals surface area contributed by atoms with Gasteiger partial charge in [-0.2, -0.15) is 9.29 Å². The van der Waals surface area contributed by atoms with Gasteiger partial charge in [-0.15, -0.1) is 0 Å². The van der Waals surface area contributed by atoms with E-state index in [1.807, 2.05) is 30.3 Å². The molecule has 2 aromatic carbocycles. The topological polar surface area (TPSA) is 115 Å². The Hall–Kier alpha value is -3.44. The highest BCUT2D eigenvalue weighted by atomic mass is 32.2. The van der Waals surface area contributed by atoms with E-state index in [4.69, 9.17) is 8.94 Å².